The van der Waals surface area contributed by atoms with E-state index in [0.29, 0.717) is 35.3 Å². The van der Waals surface area contributed by atoms with Gasteiger partial charge in [0.05, 0.1) is 6.61 Å². The molecule has 1 aromatic carbocycles. The molecule has 0 spiro atoms. The van der Waals surface area contributed by atoms with E-state index < -0.39 is 6.10 Å². The number of benzene rings is 1. The van der Waals surface area contributed by atoms with Crippen LogP contribution in [0.1, 0.15) is 10.6 Å². The summed E-state index contributed by atoms with van der Waals surface area (Å²) in [6.45, 7) is 1.73. The number of ether oxygens (including phenoxy) is 1. The summed E-state index contributed by atoms with van der Waals surface area (Å²) in [7, 11) is 0. The van der Waals surface area contributed by atoms with Crippen LogP contribution >= 0.6 is 11.3 Å². The van der Waals surface area contributed by atoms with E-state index in [1.54, 1.807) is 18.2 Å². The molecule has 2 aromatic rings. The fourth-order valence-electron chi connectivity index (χ4n) is 2.10. The predicted molar refractivity (Wildman–Crippen MR) is 80.4 cm³/mol. The zero-order chi connectivity index (χ0) is 15.4. The van der Waals surface area contributed by atoms with E-state index in [9.17, 15) is 9.18 Å². The monoisotopic (exact) mass is 322 g/mol. The van der Waals surface area contributed by atoms with E-state index in [2.05, 4.69) is 20.8 Å². The van der Waals surface area contributed by atoms with Crippen LogP contribution in [0.5, 0.6) is 0 Å². The minimum Gasteiger partial charge on any atom is -0.366 e. The van der Waals surface area contributed by atoms with E-state index in [4.69, 9.17) is 4.74 Å². The number of rotatable bonds is 4. The molecule has 0 aliphatic carbocycles. The van der Waals surface area contributed by atoms with Gasteiger partial charge in [-0.15, -0.1) is 10.2 Å². The zero-order valence-electron chi connectivity index (χ0n) is 11.7. The minimum atomic E-state index is -0.521. The van der Waals surface area contributed by atoms with Crippen LogP contribution in [-0.2, 0) is 16.0 Å². The van der Waals surface area contributed by atoms with Crippen molar-refractivity contribution in [2.24, 2.45) is 0 Å². The second-order valence-corrected chi connectivity index (χ2v) is 5.88. The Hall–Kier alpha value is -1.90. The molecule has 1 aliphatic heterocycles. The molecule has 1 fully saturated rings. The second kappa shape index (κ2) is 6.91. The maximum absolute atomic E-state index is 13.6. The van der Waals surface area contributed by atoms with Crippen molar-refractivity contribution in [2.75, 3.05) is 25.0 Å². The van der Waals surface area contributed by atoms with Crippen molar-refractivity contribution in [3.05, 3.63) is 40.7 Å². The van der Waals surface area contributed by atoms with Gasteiger partial charge in [0.1, 0.15) is 16.9 Å². The average molecular weight is 322 g/mol. The first-order valence-corrected chi connectivity index (χ1v) is 7.73. The van der Waals surface area contributed by atoms with Crippen LogP contribution < -0.4 is 10.6 Å². The summed E-state index contributed by atoms with van der Waals surface area (Å²) >= 11 is 1.23. The molecule has 1 amide bonds. The molecule has 1 saturated heterocycles. The largest absolute Gasteiger partial charge is 0.366 e. The van der Waals surface area contributed by atoms with Crippen molar-refractivity contribution < 1.29 is 13.9 Å². The zero-order valence-corrected chi connectivity index (χ0v) is 12.5. The number of nitrogens with zero attached hydrogens (tertiary/aromatic N) is 2. The van der Waals surface area contributed by atoms with Gasteiger partial charge in [0.15, 0.2) is 0 Å². The SMILES string of the molecule is O=C(Nc1nnc(Cc2ccccc2F)s1)C1CNCCO1. The third-order valence-electron chi connectivity index (χ3n) is 3.22. The third-order valence-corrected chi connectivity index (χ3v) is 4.06. The van der Waals surface area contributed by atoms with Crippen LogP contribution in [0.25, 0.3) is 0 Å². The number of halogens is 1. The molecule has 1 aromatic heterocycles. The first-order chi connectivity index (χ1) is 10.7. The topological polar surface area (TPSA) is 76.1 Å². The van der Waals surface area contributed by atoms with Gasteiger partial charge in [-0.25, -0.2) is 4.39 Å². The molecule has 1 unspecified atom stereocenters. The Morgan fingerprint density at radius 3 is 3.09 bits per heavy atom. The van der Waals surface area contributed by atoms with Gasteiger partial charge in [-0.3, -0.25) is 10.1 Å². The fraction of sp³-hybridized carbons (Fsp3) is 0.357. The standard InChI is InChI=1S/C14H15FN4O2S/c15-10-4-2-1-3-9(10)7-12-18-19-14(22-12)17-13(20)11-8-16-5-6-21-11/h1-4,11,16H,5-8H2,(H,17,19,20). The van der Waals surface area contributed by atoms with Gasteiger partial charge in [0.25, 0.3) is 5.91 Å². The van der Waals surface area contributed by atoms with Crippen LogP contribution in [-0.4, -0.2) is 41.9 Å². The average Bonchev–Trinajstić information content (AvgIpc) is 2.97. The highest BCUT2D eigenvalue weighted by atomic mass is 32.1. The molecule has 8 heteroatoms. The molecule has 0 saturated carbocycles. The van der Waals surface area contributed by atoms with Crippen LogP contribution in [0.4, 0.5) is 9.52 Å². The summed E-state index contributed by atoms with van der Waals surface area (Å²) in [6, 6.07) is 6.53. The smallest absolute Gasteiger partial charge is 0.256 e. The second-order valence-electron chi connectivity index (χ2n) is 4.82. The summed E-state index contributed by atoms with van der Waals surface area (Å²) in [5, 5.41) is 14.7. The molecular weight excluding hydrogens is 307 g/mol. The molecule has 22 heavy (non-hydrogen) atoms. The van der Waals surface area contributed by atoms with Gasteiger partial charge in [-0.2, -0.15) is 0 Å². The van der Waals surface area contributed by atoms with Gasteiger partial charge in [0.2, 0.25) is 5.13 Å². The lowest BCUT2D eigenvalue weighted by atomic mass is 10.1. The number of hydrogen-bond donors (Lipinski definition) is 2. The quantitative estimate of drug-likeness (QED) is 0.884. The molecule has 2 heterocycles. The number of hydrogen-bond acceptors (Lipinski definition) is 6. The van der Waals surface area contributed by atoms with Crippen molar-refractivity contribution in [1.29, 1.82) is 0 Å². The Bertz CT molecular complexity index is 658. The van der Waals surface area contributed by atoms with Gasteiger partial charge < -0.3 is 10.1 Å². The van der Waals surface area contributed by atoms with Gasteiger partial charge in [-0.05, 0) is 11.6 Å². The molecule has 0 bridgehead atoms. The summed E-state index contributed by atoms with van der Waals surface area (Å²) in [6.07, 6.45) is -0.172. The van der Waals surface area contributed by atoms with Crippen molar-refractivity contribution >= 4 is 22.4 Å². The van der Waals surface area contributed by atoms with Gasteiger partial charge in [0, 0.05) is 19.5 Å². The van der Waals surface area contributed by atoms with Crippen LogP contribution in [0, 0.1) is 5.82 Å². The Morgan fingerprint density at radius 2 is 2.32 bits per heavy atom. The number of carbonyl (C=O) groups excluding carboxylic acids is 1. The highest BCUT2D eigenvalue weighted by Gasteiger charge is 2.22. The number of nitrogens with one attached hydrogen (secondary N) is 2. The Kier molecular flexibility index (Phi) is 4.71. The van der Waals surface area contributed by atoms with E-state index in [1.165, 1.54) is 17.4 Å². The molecule has 116 valence electrons. The number of carbonyl (C=O) groups is 1. The Morgan fingerprint density at radius 1 is 1.45 bits per heavy atom. The van der Waals surface area contributed by atoms with E-state index in [1.807, 2.05) is 0 Å². The first-order valence-electron chi connectivity index (χ1n) is 6.91. The molecule has 0 radical (unpaired) electrons. The third kappa shape index (κ3) is 3.65. The van der Waals surface area contributed by atoms with Crippen LogP contribution in [0.3, 0.4) is 0 Å². The highest BCUT2D eigenvalue weighted by molar-refractivity contribution is 7.15. The summed E-state index contributed by atoms with van der Waals surface area (Å²) < 4.78 is 19.0. The molecule has 6 nitrogen and oxygen atoms in total. The Balaban J connectivity index is 1.61. The van der Waals surface area contributed by atoms with Crippen molar-refractivity contribution in [2.45, 2.75) is 12.5 Å². The lowest BCUT2D eigenvalue weighted by Gasteiger charge is -2.21. The normalized spacial score (nSPS) is 18.1. The maximum Gasteiger partial charge on any atom is 0.256 e. The number of anilines is 1. The fourth-order valence-corrected chi connectivity index (χ4v) is 2.87. The van der Waals surface area contributed by atoms with Crippen LogP contribution in [0.15, 0.2) is 24.3 Å². The molecule has 3 rings (SSSR count). The van der Waals surface area contributed by atoms with E-state index in [0.717, 1.165) is 6.54 Å². The van der Waals surface area contributed by atoms with Crippen LogP contribution in [0.2, 0.25) is 0 Å². The lowest BCUT2D eigenvalue weighted by Crippen LogP contribution is -2.45. The van der Waals surface area contributed by atoms with Gasteiger partial charge >= 0.3 is 0 Å². The summed E-state index contributed by atoms with van der Waals surface area (Å²) in [5.41, 5.74) is 0.552. The highest BCUT2D eigenvalue weighted by Crippen LogP contribution is 2.20. The van der Waals surface area contributed by atoms with E-state index in [-0.39, 0.29) is 11.7 Å². The molecule has 2 N–H and O–H groups in total. The van der Waals surface area contributed by atoms with Crippen molar-refractivity contribution in [3.63, 3.8) is 0 Å². The molecular formula is C14H15FN4O2S. The number of aromatic nitrogens is 2. The Labute approximate surface area is 130 Å². The first kappa shape index (κ1) is 15.0. The van der Waals surface area contributed by atoms with Gasteiger partial charge in [-0.1, -0.05) is 29.5 Å². The van der Waals surface area contributed by atoms with Crippen molar-refractivity contribution in [1.82, 2.24) is 15.5 Å². The predicted octanol–water partition coefficient (Wildman–Crippen LogP) is 1.19. The number of amides is 1. The minimum absolute atomic E-state index is 0.249. The van der Waals surface area contributed by atoms with Crippen molar-refractivity contribution in [3.8, 4) is 0 Å². The molecule has 1 atom stereocenters. The summed E-state index contributed by atoms with van der Waals surface area (Å²) in [5.74, 6) is -0.522. The van der Waals surface area contributed by atoms with E-state index >= 15 is 0 Å². The summed E-state index contributed by atoms with van der Waals surface area (Å²) in [4.78, 5) is 12.0. The molecule has 1 aliphatic rings. The number of morpholine rings is 1. The lowest BCUT2D eigenvalue weighted by molar-refractivity contribution is -0.128. The maximum atomic E-state index is 13.6.